The first kappa shape index (κ1) is 44.3. The van der Waals surface area contributed by atoms with Crippen LogP contribution in [-0.4, -0.2) is 50.5 Å². The van der Waals surface area contributed by atoms with Crippen molar-refractivity contribution in [1.29, 1.82) is 0 Å². The Balaban J connectivity index is 0.000000300. The van der Waals surface area contributed by atoms with Crippen LogP contribution in [0.4, 0.5) is 22.7 Å². The quantitative estimate of drug-likeness (QED) is 0.179. The maximum atomic E-state index is 12.6. The molecule has 6 aromatic rings. The van der Waals surface area contributed by atoms with Gasteiger partial charge in [0.1, 0.15) is 11.4 Å². The van der Waals surface area contributed by atoms with Crippen LogP contribution in [0.3, 0.4) is 0 Å². The fourth-order valence-electron chi connectivity index (χ4n) is 4.69. The Labute approximate surface area is 348 Å². The number of hydrogen-bond acceptors (Lipinski definition) is 14. The molecule has 1 radical (unpaired) electrons. The molecule has 0 aliphatic rings. The maximum absolute atomic E-state index is 12.6. The van der Waals surface area contributed by atoms with Crippen molar-refractivity contribution in [2.24, 2.45) is 20.5 Å². The van der Waals surface area contributed by atoms with Crippen molar-refractivity contribution < 1.29 is 56.0 Å². The number of rotatable bonds is 10. The summed E-state index contributed by atoms with van der Waals surface area (Å²) in [5, 5.41) is 73.5. The predicted octanol–water partition coefficient (Wildman–Crippen LogP) is 4.72. The van der Waals surface area contributed by atoms with E-state index >= 15 is 0 Å². The number of sulfonamides is 2. The minimum atomic E-state index is -3.75. The molecule has 295 valence electrons. The van der Waals surface area contributed by atoms with Crippen LogP contribution in [0.25, 0.3) is 11.4 Å². The molecule has 23 heteroatoms. The van der Waals surface area contributed by atoms with Crippen molar-refractivity contribution in [2.75, 3.05) is 14.1 Å². The molecule has 6 rings (SSSR count). The van der Waals surface area contributed by atoms with Crippen molar-refractivity contribution in [3.05, 3.63) is 106 Å². The monoisotopic (exact) mass is 891 g/mol. The molecule has 0 spiro atoms. The molecule has 4 aromatic carbocycles. The summed E-state index contributed by atoms with van der Waals surface area (Å²) in [6, 6.07) is 19.7. The molecule has 0 bridgehead atoms. The van der Waals surface area contributed by atoms with Crippen LogP contribution in [0.1, 0.15) is 12.8 Å². The van der Waals surface area contributed by atoms with E-state index in [4.69, 9.17) is 23.2 Å². The van der Waals surface area contributed by atoms with Crippen molar-refractivity contribution in [2.45, 2.75) is 23.6 Å². The summed E-state index contributed by atoms with van der Waals surface area (Å²) in [5.74, 6) is -2.15. The summed E-state index contributed by atoms with van der Waals surface area (Å²) >= 11 is 11.8. The Morgan fingerprint density at radius 3 is 1.46 bits per heavy atom. The Bertz CT molecular complexity index is 2720. The smallest absolute Gasteiger partial charge is 0.871 e. The summed E-state index contributed by atoms with van der Waals surface area (Å²) in [5.41, 5.74) is 0.979. The number of benzene rings is 4. The third-order valence-corrected chi connectivity index (χ3v) is 10.9. The number of nitrogens with one attached hydrogen (secondary N) is 2. The number of nitrogens with zero attached hydrogens (tertiary/aromatic N) is 8. The van der Waals surface area contributed by atoms with Gasteiger partial charge in [0.25, 0.3) is 0 Å². The normalized spacial score (nSPS) is 11.8. The number of aromatic nitrogens is 4. The zero-order valence-corrected chi connectivity index (χ0v) is 34.3. The van der Waals surface area contributed by atoms with E-state index in [-0.39, 0.29) is 51.3 Å². The van der Waals surface area contributed by atoms with Crippen LogP contribution in [0.15, 0.2) is 115 Å². The molecule has 0 aliphatic carbocycles. The largest absolute Gasteiger partial charge is 3.00 e. The molecule has 2 N–H and O–H groups in total. The van der Waals surface area contributed by atoms with E-state index < -0.39 is 43.3 Å². The van der Waals surface area contributed by atoms with E-state index in [1.54, 1.807) is 62.4 Å². The second kappa shape index (κ2) is 18.3. The van der Waals surface area contributed by atoms with E-state index in [0.717, 1.165) is 45.8 Å². The fourth-order valence-corrected chi connectivity index (χ4v) is 6.50. The minimum absolute atomic E-state index is 0. The van der Waals surface area contributed by atoms with Crippen molar-refractivity contribution in [1.82, 2.24) is 29.0 Å². The van der Waals surface area contributed by atoms with Crippen LogP contribution in [0, 0.1) is 13.8 Å². The van der Waals surface area contributed by atoms with Gasteiger partial charge in [0, 0.05) is 21.8 Å². The van der Waals surface area contributed by atoms with E-state index in [0.29, 0.717) is 32.8 Å². The molecular formula is C34H29Cl2CrN10O8S2. The van der Waals surface area contributed by atoms with E-state index in [1.165, 1.54) is 14.1 Å². The maximum Gasteiger partial charge on any atom is 3.00 e. The minimum Gasteiger partial charge on any atom is -0.871 e. The molecular weight excluding hydrogens is 863 g/mol. The van der Waals surface area contributed by atoms with Crippen LogP contribution >= 0.6 is 23.2 Å². The molecule has 18 nitrogen and oxygen atoms in total. The molecule has 0 aliphatic heterocycles. The fraction of sp³-hybridized carbons (Fsp3) is 0.118. The van der Waals surface area contributed by atoms with Gasteiger partial charge in [-0.05, 0) is 94.7 Å². The van der Waals surface area contributed by atoms with Gasteiger partial charge in [-0.2, -0.15) is 20.4 Å². The zero-order valence-electron chi connectivity index (χ0n) is 30.9. The average Bonchev–Trinajstić information content (AvgIpc) is 3.62. The number of azo groups is 2. The van der Waals surface area contributed by atoms with Crippen LogP contribution in [0.2, 0.25) is 10.0 Å². The molecule has 0 unspecified atom stereocenters. The molecule has 0 saturated carbocycles. The SMILES string of the molecule is CNS(=O)(=O)c1ccc([O-])c(N=Nc2c(C)nn(-c3ccc(Cl)cc3)c2[O-])c1.CNS(=O)(=O)c1ccc([O-])c(N=Nc2c(C)nn(-c3cccc(Cl)c3)c2[O-])c1.[Cr+3].[H+]. The Morgan fingerprint density at radius 1 is 0.596 bits per heavy atom. The summed E-state index contributed by atoms with van der Waals surface area (Å²) < 4.78 is 54.0. The van der Waals surface area contributed by atoms with Gasteiger partial charge in [-0.25, -0.2) is 35.6 Å². The van der Waals surface area contributed by atoms with Gasteiger partial charge < -0.3 is 20.4 Å². The Morgan fingerprint density at radius 2 is 1.04 bits per heavy atom. The first-order chi connectivity index (χ1) is 26.4. The van der Waals surface area contributed by atoms with Crippen molar-refractivity contribution >= 4 is 66.0 Å². The van der Waals surface area contributed by atoms with Crippen LogP contribution in [-0.2, 0) is 37.4 Å². The third-order valence-electron chi connectivity index (χ3n) is 7.63. The molecule has 2 aromatic heterocycles. The van der Waals surface area contributed by atoms with E-state index in [2.05, 4.69) is 40.1 Å². The van der Waals surface area contributed by atoms with Gasteiger partial charge in [0.2, 0.25) is 20.0 Å². The molecule has 0 amide bonds. The Kier molecular flexibility index (Phi) is 14.2. The molecule has 57 heavy (non-hydrogen) atoms. The predicted molar refractivity (Wildman–Crippen MR) is 199 cm³/mol. The first-order valence-corrected chi connectivity index (χ1v) is 19.6. The summed E-state index contributed by atoms with van der Waals surface area (Å²) in [6.45, 7) is 3.14. The number of hydrogen-bond donors (Lipinski definition) is 2. The van der Waals surface area contributed by atoms with Gasteiger partial charge >= 0.3 is 18.8 Å². The first-order valence-electron chi connectivity index (χ1n) is 15.8. The van der Waals surface area contributed by atoms with Gasteiger partial charge in [0.05, 0.1) is 43.9 Å². The summed E-state index contributed by atoms with van der Waals surface area (Å²) in [4.78, 5) is -0.281. The van der Waals surface area contributed by atoms with Gasteiger partial charge in [-0.1, -0.05) is 52.9 Å². The summed E-state index contributed by atoms with van der Waals surface area (Å²) in [6.07, 6.45) is 0. The zero-order chi connectivity index (χ0) is 40.9. The number of halogens is 2. The van der Waals surface area contributed by atoms with Crippen LogP contribution < -0.4 is 29.9 Å². The summed E-state index contributed by atoms with van der Waals surface area (Å²) in [7, 11) is -5.01. The molecule has 0 atom stereocenters. The van der Waals surface area contributed by atoms with Gasteiger partial charge in [-0.15, -0.1) is 10.2 Å². The standard InChI is InChI=1S/2C17H16ClN5O4S.Cr/c1-10-16(17(25)23(22-10)12-5-3-11(18)4-6-12)21-20-14-9-13(7-8-15(14)24)28(26,27)19-2;1-10-16(17(25)23(22-10)12-5-3-4-11(18)8-12)21-20-14-9-13(6-7-15(14)24)28(26,27)19-2;/h2*3-9,19,24-25H,1-2H3;/q;;+3/p-3. The Hall–Kier alpha value is -5.37. The third kappa shape index (κ3) is 10.1. The average molecular weight is 893 g/mol. The van der Waals surface area contributed by atoms with Crippen molar-refractivity contribution in [3.8, 4) is 34.6 Å². The topological polar surface area (TPSA) is 270 Å². The van der Waals surface area contributed by atoms with E-state index in [1.807, 2.05) is 0 Å². The second-order valence-electron chi connectivity index (χ2n) is 11.3. The second-order valence-corrected chi connectivity index (χ2v) is 16.0. The van der Waals surface area contributed by atoms with Crippen molar-refractivity contribution in [3.63, 3.8) is 0 Å². The van der Waals surface area contributed by atoms with E-state index in [9.17, 15) is 37.3 Å². The van der Waals surface area contributed by atoms with Crippen LogP contribution in [0.5, 0.6) is 23.3 Å². The molecule has 0 fully saturated rings. The van der Waals surface area contributed by atoms with Gasteiger partial charge in [-0.3, -0.25) is 0 Å². The molecule has 2 heterocycles. The number of aryl methyl sites for hydroxylation is 2. The van der Waals surface area contributed by atoms with Gasteiger partial charge in [0.15, 0.2) is 0 Å². The molecule has 0 saturated heterocycles.